The minimum Gasteiger partial charge on any atom is -0.385 e. The number of thiophene rings is 1. The smallest absolute Gasteiger partial charge is 0.151 e. The molecular weight excluding hydrogens is 414 g/mol. The number of fused-ring (bicyclic) bond motifs is 1. The van der Waals surface area contributed by atoms with E-state index >= 15 is 0 Å². The van der Waals surface area contributed by atoms with Crippen LogP contribution in [0.2, 0.25) is 0 Å². The molecule has 0 amide bonds. The van der Waals surface area contributed by atoms with Crippen LogP contribution in [0.3, 0.4) is 0 Å². The third-order valence-electron chi connectivity index (χ3n) is 6.50. The number of hydrogen-bond donors (Lipinski definition) is 2. The lowest BCUT2D eigenvalue weighted by Crippen LogP contribution is -2.19. The van der Waals surface area contributed by atoms with Gasteiger partial charge in [0.05, 0.1) is 21.1 Å². The van der Waals surface area contributed by atoms with Crippen LogP contribution in [0.15, 0.2) is 28.5 Å². The maximum atomic E-state index is 13.1. The van der Waals surface area contributed by atoms with Crippen molar-refractivity contribution in [2.24, 2.45) is 5.92 Å². The molecule has 0 saturated heterocycles. The molecule has 0 spiro atoms. The predicted molar refractivity (Wildman–Crippen MR) is 122 cm³/mol. The quantitative estimate of drug-likeness (QED) is 0.586. The Kier molecular flexibility index (Phi) is 5.71. The van der Waals surface area contributed by atoms with Crippen molar-refractivity contribution in [2.75, 3.05) is 5.75 Å². The third-order valence-corrected chi connectivity index (χ3v) is 10.3. The second-order valence-corrected chi connectivity index (χ2v) is 12.9. The lowest BCUT2D eigenvalue weighted by molar-refractivity contribution is -0.116. The number of aliphatic hydroxyl groups is 1. The van der Waals surface area contributed by atoms with Crippen molar-refractivity contribution >= 4 is 26.8 Å². The van der Waals surface area contributed by atoms with Crippen molar-refractivity contribution in [1.82, 2.24) is 0 Å². The number of benzene rings is 1. The Labute approximate surface area is 183 Å². The van der Waals surface area contributed by atoms with E-state index in [4.69, 9.17) is 4.78 Å². The summed E-state index contributed by atoms with van der Waals surface area (Å²) in [6, 6.07) is 7.78. The molecule has 2 aromatic rings. The Hall–Kier alpha value is -1.50. The summed E-state index contributed by atoms with van der Waals surface area (Å²) in [5.74, 6) is 0.772. The van der Waals surface area contributed by atoms with E-state index in [-0.39, 0.29) is 18.0 Å². The predicted octanol–water partition coefficient (Wildman–Crippen LogP) is 5.20. The molecule has 1 aromatic carbocycles. The number of carbonyl (C=O) groups excluding carboxylic acids is 1. The molecule has 6 heteroatoms. The minimum atomic E-state index is -3.21. The van der Waals surface area contributed by atoms with Crippen molar-refractivity contribution in [1.29, 1.82) is 4.78 Å². The van der Waals surface area contributed by atoms with Gasteiger partial charge < -0.3 is 5.11 Å². The Bertz CT molecular complexity index is 1070. The number of aryl methyl sites for hydroxylation is 1. The standard InChI is InChI=1S/C24H31NO3S2/c1-15(16-7-8-16)19-10-9-17-5-4-6-20(17)21(19)13-18(26)14-30(25,28)23-12-11-22(29-23)24(2,3)27/h9-12,15-16,25,27H,4-8,13-14H2,1-3H3. The van der Waals surface area contributed by atoms with Crippen molar-refractivity contribution in [3.05, 3.63) is 51.4 Å². The molecule has 1 saturated carbocycles. The summed E-state index contributed by atoms with van der Waals surface area (Å²) in [5.41, 5.74) is 4.06. The van der Waals surface area contributed by atoms with E-state index < -0.39 is 15.3 Å². The average Bonchev–Trinajstić information content (AvgIpc) is 3.16. The summed E-state index contributed by atoms with van der Waals surface area (Å²) < 4.78 is 21.8. The first-order chi connectivity index (χ1) is 14.1. The van der Waals surface area contributed by atoms with Crippen molar-refractivity contribution in [2.45, 2.75) is 75.0 Å². The monoisotopic (exact) mass is 445 g/mol. The highest BCUT2D eigenvalue weighted by Crippen LogP contribution is 2.44. The first kappa shape index (κ1) is 21.7. The van der Waals surface area contributed by atoms with Crippen LogP contribution in [0.25, 0.3) is 0 Å². The fourth-order valence-electron chi connectivity index (χ4n) is 4.62. The van der Waals surface area contributed by atoms with Gasteiger partial charge in [0, 0.05) is 11.3 Å². The fourth-order valence-corrected chi connectivity index (χ4v) is 7.33. The van der Waals surface area contributed by atoms with Gasteiger partial charge in [-0.1, -0.05) is 19.1 Å². The normalized spacial score (nSPS) is 19.3. The van der Waals surface area contributed by atoms with Crippen LogP contribution in [-0.4, -0.2) is 20.9 Å². The van der Waals surface area contributed by atoms with Crippen molar-refractivity contribution in [3.8, 4) is 0 Å². The molecule has 1 fully saturated rings. The molecular formula is C24H31NO3S2. The van der Waals surface area contributed by atoms with Gasteiger partial charge in [-0.2, -0.15) is 0 Å². The van der Waals surface area contributed by atoms with Crippen LogP contribution < -0.4 is 0 Å². The Morgan fingerprint density at radius 3 is 2.63 bits per heavy atom. The Balaban J connectivity index is 1.57. The number of carbonyl (C=O) groups is 1. The second-order valence-electron chi connectivity index (χ2n) is 9.46. The number of ketones is 1. The van der Waals surface area contributed by atoms with E-state index in [9.17, 15) is 14.1 Å². The van der Waals surface area contributed by atoms with E-state index in [1.54, 1.807) is 26.0 Å². The summed E-state index contributed by atoms with van der Waals surface area (Å²) in [6.07, 6.45) is 6.00. The molecule has 2 N–H and O–H groups in total. The van der Waals surface area contributed by atoms with Crippen LogP contribution in [0.1, 0.15) is 73.1 Å². The molecule has 30 heavy (non-hydrogen) atoms. The molecule has 2 unspecified atom stereocenters. The topological polar surface area (TPSA) is 78.2 Å². The van der Waals surface area contributed by atoms with Gasteiger partial charge in [0.1, 0.15) is 4.21 Å². The Morgan fingerprint density at radius 2 is 2.00 bits per heavy atom. The summed E-state index contributed by atoms with van der Waals surface area (Å²) in [4.78, 5) is 13.7. The van der Waals surface area contributed by atoms with Gasteiger partial charge in [-0.15, -0.1) is 11.3 Å². The average molecular weight is 446 g/mol. The molecule has 4 rings (SSSR count). The van der Waals surface area contributed by atoms with Crippen molar-refractivity contribution in [3.63, 3.8) is 0 Å². The van der Waals surface area contributed by atoms with E-state index in [1.807, 2.05) is 0 Å². The molecule has 2 aliphatic carbocycles. The fraction of sp³-hybridized carbons (Fsp3) is 0.542. The Morgan fingerprint density at radius 1 is 1.27 bits per heavy atom. The molecule has 0 bridgehead atoms. The van der Waals surface area contributed by atoms with E-state index in [0.29, 0.717) is 20.9 Å². The minimum absolute atomic E-state index is 0.127. The maximum Gasteiger partial charge on any atom is 0.151 e. The molecule has 2 atom stereocenters. The van der Waals surface area contributed by atoms with Gasteiger partial charge in [0.2, 0.25) is 0 Å². The van der Waals surface area contributed by atoms with Crippen LogP contribution in [0.4, 0.5) is 0 Å². The summed E-state index contributed by atoms with van der Waals surface area (Å²) in [5, 5.41) is 10.2. The molecule has 0 aliphatic heterocycles. The van der Waals surface area contributed by atoms with Gasteiger partial charge in [-0.3, -0.25) is 4.79 Å². The van der Waals surface area contributed by atoms with Crippen LogP contribution in [0, 0.1) is 10.7 Å². The van der Waals surface area contributed by atoms with Gasteiger partial charge in [0.25, 0.3) is 0 Å². The number of Topliss-reactive ketones (excluding diaryl/α,β-unsaturated/α-hetero) is 1. The summed E-state index contributed by atoms with van der Waals surface area (Å²) in [7, 11) is -3.21. The lowest BCUT2D eigenvalue weighted by Gasteiger charge is -2.20. The molecule has 162 valence electrons. The SMILES string of the molecule is CC(c1ccc2c(c1CC(=O)CS(=N)(=O)c1ccc(C(C)(C)O)s1)CCC2)C1CC1. The number of hydrogen-bond acceptors (Lipinski definition) is 5. The van der Waals surface area contributed by atoms with Gasteiger partial charge in [-0.25, -0.2) is 8.99 Å². The number of nitrogens with one attached hydrogen (secondary N) is 1. The highest BCUT2D eigenvalue weighted by atomic mass is 32.2. The zero-order valence-corrected chi connectivity index (χ0v) is 19.6. The molecule has 1 aromatic heterocycles. The van der Waals surface area contributed by atoms with Gasteiger partial charge in [-0.05, 0) is 92.2 Å². The van der Waals surface area contributed by atoms with Crippen LogP contribution >= 0.6 is 11.3 Å². The molecule has 1 heterocycles. The zero-order valence-electron chi connectivity index (χ0n) is 18.0. The molecule has 0 radical (unpaired) electrons. The largest absolute Gasteiger partial charge is 0.385 e. The molecule has 4 nitrogen and oxygen atoms in total. The van der Waals surface area contributed by atoms with E-state index in [0.717, 1.165) is 24.8 Å². The summed E-state index contributed by atoms with van der Waals surface area (Å²) in [6.45, 7) is 5.59. The molecule has 2 aliphatic rings. The summed E-state index contributed by atoms with van der Waals surface area (Å²) >= 11 is 1.17. The van der Waals surface area contributed by atoms with E-state index in [2.05, 4.69) is 19.1 Å². The van der Waals surface area contributed by atoms with E-state index in [1.165, 1.54) is 40.9 Å². The highest BCUT2D eigenvalue weighted by Gasteiger charge is 2.32. The van der Waals surface area contributed by atoms with Crippen LogP contribution in [-0.2, 0) is 39.4 Å². The highest BCUT2D eigenvalue weighted by molar-refractivity contribution is 7.95. The van der Waals surface area contributed by atoms with Gasteiger partial charge in [0.15, 0.2) is 5.78 Å². The second kappa shape index (κ2) is 7.88. The first-order valence-corrected chi connectivity index (χ1v) is 13.3. The van der Waals surface area contributed by atoms with Crippen LogP contribution in [0.5, 0.6) is 0 Å². The number of rotatable bonds is 8. The lowest BCUT2D eigenvalue weighted by atomic mass is 9.86. The first-order valence-electron chi connectivity index (χ1n) is 10.8. The maximum absolute atomic E-state index is 13.1. The van der Waals surface area contributed by atoms with Crippen molar-refractivity contribution < 1.29 is 14.1 Å². The zero-order chi connectivity index (χ0) is 21.7. The van der Waals surface area contributed by atoms with Gasteiger partial charge >= 0.3 is 0 Å². The third kappa shape index (κ3) is 4.41.